The number of carboxylic acid groups (broad SMARTS) is 1. The number of carboxylic acids is 1. The van der Waals surface area contributed by atoms with Crippen LogP contribution in [0.3, 0.4) is 0 Å². The van der Waals surface area contributed by atoms with Gasteiger partial charge in [-0.15, -0.1) is 0 Å². The summed E-state index contributed by atoms with van der Waals surface area (Å²) in [6.07, 6.45) is 6.54. The van der Waals surface area contributed by atoms with Crippen LogP contribution in [0.5, 0.6) is 0 Å². The Bertz CT molecular complexity index is 918. The number of rotatable bonds is 5. The number of hydrogen-bond donors (Lipinski definition) is 1. The molecule has 2 saturated heterocycles. The van der Waals surface area contributed by atoms with Crippen molar-refractivity contribution in [3.63, 3.8) is 0 Å². The normalized spacial score (nSPS) is 18.7. The van der Waals surface area contributed by atoms with Gasteiger partial charge < -0.3 is 14.9 Å². The van der Waals surface area contributed by atoms with Crippen molar-refractivity contribution < 1.29 is 14.7 Å². The highest BCUT2D eigenvalue weighted by atomic mass is 16.4. The van der Waals surface area contributed by atoms with Crippen LogP contribution in [0.25, 0.3) is 6.08 Å². The van der Waals surface area contributed by atoms with E-state index in [0.29, 0.717) is 18.8 Å². The van der Waals surface area contributed by atoms with Gasteiger partial charge in [-0.2, -0.15) is 0 Å². The third kappa shape index (κ3) is 4.31. The maximum absolute atomic E-state index is 12.6. The fourth-order valence-corrected chi connectivity index (χ4v) is 4.29. The highest BCUT2D eigenvalue weighted by molar-refractivity contribution is 5.85. The zero-order valence-electron chi connectivity index (χ0n) is 16.3. The molecule has 150 valence electrons. The van der Waals surface area contributed by atoms with Crippen LogP contribution < -0.4 is 4.90 Å². The number of benzene rings is 1. The van der Waals surface area contributed by atoms with Gasteiger partial charge in [0.15, 0.2) is 5.69 Å². The van der Waals surface area contributed by atoms with Crippen LogP contribution in [-0.4, -0.2) is 53.0 Å². The van der Waals surface area contributed by atoms with Gasteiger partial charge in [0.1, 0.15) is 5.82 Å². The molecule has 0 aliphatic carbocycles. The molecule has 2 aliphatic rings. The van der Waals surface area contributed by atoms with E-state index in [4.69, 9.17) is 5.11 Å². The molecule has 1 N–H and O–H groups in total. The fraction of sp³-hybridized carbons (Fsp3) is 0.348. The van der Waals surface area contributed by atoms with Crippen molar-refractivity contribution in [3.05, 3.63) is 65.9 Å². The van der Waals surface area contributed by atoms with Gasteiger partial charge in [-0.3, -0.25) is 4.79 Å². The summed E-state index contributed by atoms with van der Waals surface area (Å²) >= 11 is 0. The van der Waals surface area contributed by atoms with Gasteiger partial charge in [0.05, 0.1) is 0 Å². The van der Waals surface area contributed by atoms with Gasteiger partial charge in [-0.05, 0) is 30.5 Å². The van der Waals surface area contributed by atoms with E-state index >= 15 is 0 Å². The minimum atomic E-state index is -1.01. The fourth-order valence-electron chi connectivity index (χ4n) is 4.29. The maximum atomic E-state index is 12.6. The number of carbonyl (C=O) groups is 2. The standard InChI is InChI=1S/C23H25N3O3/c27-21-16-23(17-26(21)13-5-8-18-6-2-1-3-7-18)11-14-25(15-12-23)20-10-4-9-19(24-20)22(28)29/h1-10H,11-17H2,(H,28,29)/b8-5+. The van der Waals surface area contributed by atoms with E-state index < -0.39 is 5.97 Å². The van der Waals surface area contributed by atoms with Crippen molar-refractivity contribution in [2.24, 2.45) is 5.41 Å². The molecule has 3 heterocycles. The monoisotopic (exact) mass is 391 g/mol. The molecule has 2 aliphatic heterocycles. The van der Waals surface area contributed by atoms with E-state index in [1.165, 1.54) is 6.07 Å². The van der Waals surface area contributed by atoms with Crippen molar-refractivity contribution in [3.8, 4) is 0 Å². The number of aromatic carboxylic acids is 1. The zero-order chi connectivity index (χ0) is 20.3. The molecule has 0 unspecified atom stereocenters. The van der Waals surface area contributed by atoms with Crippen molar-refractivity contribution in [1.82, 2.24) is 9.88 Å². The van der Waals surface area contributed by atoms with Gasteiger partial charge in [-0.25, -0.2) is 9.78 Å². The van der Waals surface area contributed by atoms with E-state index in [1.807, 2.05) is 41.3 Å². The number of amides is 1. The number of aromatic nitrogens is 1. The van der Waals surface area contributed by atoms with Gasteiger partial charge in [0, 0.05) is 38.0 Å². The topological polar surface area (TPSA) is 73.7 Å². The Hall–Kier alpha value is -3.15. The smallest absolute Gasteiger partial charge is 0.354 e. The summed E-state index contributed by atoms with van der Waals surface area (Å²) in [5.41, 5.74) is 1.23. The molecule has 2 aromatic rings. The minimum absolute atomic E-state index is 0.0264. The highest BCUT2D eigenvalue weighted by Crippen LogP contribution is 2.41. The molecule has 6 nitrogen and oxygen atoms in total. The lowest BCUT2D eigenvalue weighted by Crippen LogP contribution is -2.42. The largest absolute Gasteiger partial charge is 0.477 e. The molecule has 1 amide bonds. The quantitative estimate of drug-likeness (QED) is 0.846. The Morgan fingerprint density at radius 1 is 1.10 bits per heavy atom. The second kappa shape index (κ2) is 8.07. The van der Waals surface area contributed by atoms with Gasteiger partial charge in [0.2, 0.25) is 5.91 Å². The summed E-state index contributed by atoms with van der Waals surface area (Å²) in [4.78, 5) is 32.1. The molecule has 0 atom stereocenters. The maximum Gasteiger partial charge on any atom is 0.354 e. The molecule has 0 saturated carbocycles. The summed E-state index contributed by atoms with van der Waals surface area (Å²) in [6, 6.07) is 15.2. The number of anilines is 1. The number of nitrogens with zero attached hydrogens (tertiary/aromatic N) is 3. The second-order valence-corrected chi connectivity index (χ2v) is 7.94. The number of pyridine rings is 1. The van der Waals surface area contributed by atoms with E-state index in [2.05, 4.69) is 22.0 Å². The summed E-state index contributed by atoms with van der Waals surface area (Å²) in [5.74, 6) is -0.0881. The van der Waals surface area contributed by atoms with E-state index in [9.17, 15) is 9.59 Å². The van der Waals surface area contributed by atoms with Crippen molar-refractivity contribution in [1.29, 1.82) is 0 Å². The van der Waals surface area contributed by atoms with Crippen molar-refractivity contribution in [2.75, 3.05) is 31.1 Å². The minimum Gasteiger partial charge on any atom is -0.477 e. The number of piperidine rings is 1. The Labute approximate surface area is 170 Å². The molecule has 0 bridgehead atoms. The molecule has 4 rings (SSSR count). The average molecular weight is 391 g/mol. The lowest BCUT2D eigenvalue weighted by molar-refractivity contribution is -0.127. The molecular formula is C23H25N3O3. The molecule has 0 radical (unpaired) electrons. The predicted molar refractivity (Wildman–Crippen MR) is 112 cm³/mol. The molecule has 1 spiro atoms. The first-order valence-corrected chi connectivity index (χ1v) is 9.99. The van der Waals surface area contributed by atoms with Gasteiger partial charge >= 0.3 is 5.97 Å². The summed E-state index contributed by atoms with van der Waals surface area (Å²) in [5, 5.41) is 9.15. The van der Waals surface area contributed by atoms with Crippen LogP contribution in [0.1, 0.15) is 35.3 Å². The molecule has 1 aromatic heterocycles. The van der Waals surface area contributed by atoms with E-state index in [1.54, 1.807) is 6.07 Å². The lowest BCUT2D eigenvalue weighted by Gasteiger charge is -2.39. The summed E-state index contributed by atoms with van der Waals surface area (Å²) in [6.45, 7) is 3.01. The van der Waals surface area contributed by atoms with Crippen LogP contribution >= 0.6 is 0 Å². The van der Waals surface area contributed by atoms with Crippen LogP contribution in [0.2, 0.25) is 0 Å². The van der Waals surface area contributed by atoms with Crippen LogP contribution in [0.15, 0.2) is 54.6 Å². The lowest BCUT2D eigenvalue weighted by atomic mass is 9.77. The molecule has 2 fully saturated rings. The number of likely N-dealkylation sites (tertiary alicyclic amines) is 1. The van der Waals surface area contributed by atoms with Crippen molar-refractivity contribution >= 4 is 23.8 Å². The first-order chi connectivity index (χ1) is 14.0. The third-order valence-corrected chi connectivity index (χ3v) is 5.94. The van der Waals surface area contributed by atoms with Crippen LogP contribution in [0, 0.1) is 5.41 Å². The third-order valence-electron chi connectivity index (χ3n) is 5.94. The Morgan fingerprint density at radius 2 is 1.86 bits per heavy atom. The number of hydrogen-bond acceptors (Lipinski definition) is 4. The van der Waals surface area contributed by atoms with E-state index in [-0.39, 0.29) is 17.0 Å². The Kier molecular flexibility index (Phi) is 5.34. The van der Waals surface area contributed by atoms with E-state index in [0.717, 1.165) is 38.0 Å². The molecule has 29 heavy (non-hydrogen) atoms. The summed E-state index contributed by atoms with van der Waals surface area (Å²) in [7, 11) is 0. The SMILES string of the molecule is O=C(O)c1cccc(N2CCC3(CC2)CC(=O)N(C/C=C/c2ccccc2)C3)n1. The zero-order valence-corrected chi connectivity index (χ0v) is 16.3. The Morgan fingerprint density at radius 3 is 2.59 bits per heavy atom. The number of carbonyl (C=O) groups excluding carboxylic acids is 1. The average Bonchev–Trinajstić information content (AvgIpc) is 3.04. The summed E-state index contributed by atoms with van der Waals surface area (Å²) < 4.78 is 0. The van der Waals surface area contributed by atoms with Gasteiger partial charge in [0.25, 0.3) is 0 Å². The molecule has 6 heteroatoms. The molecular weight excluding hydrogens is 366 g/mol. The Balaban J connectivity index is 1.35. The highest BCUT2D eigenvalue weighted by Gasteiger charge is 2.44. The second-order valence-electron chi connectivity index (χ2n) is 7.94. The first-order valence-electron chi connectivity index (χ1n) is 9.99. The molecule has 1 aromatic carbocycles. The van der Waals surface area contributed by atoms with Crippen LogP contribution in [0.4, 0.5) is 5.82 Å². The van der Waals surface area contributed by atoms with Crippen LogP contribution in [-0.2, 0) is 4.79 Å². The van der Waals surface area contributed by atoms with Crippen molar-refractivity contribution in [2.45, 2.75) is 19.3 Å². The first kappa shape index (κ1) is 19.2. The van der Waals surface area contributed by atoms with Gasteiger partial charge in [-0.1, -0.05) is 48.6 Å². The predicted octanol–water partition coefficient (Wildman–Crippen LogP) is 3.31.